The van der Waals surface area contributed by atoms with Gasteiger partial charge in [0.05, 0.1) is 12.2 Å². The summed E-state index contributed by atoms with van der Waals surface area (Å²) in [6, 6.07) is 0.656. The van der Waals surface area contributed by atoms with E-state index in [1.165, 1.54) is 12.8 Å². The van der Waals surface area contributed by atoms with Gasteiger partial charge >= 0.3 is 6.01 Å². The second-order valence-electron chi connectivity index (χ2n) is 4.86. The van der Waals surface area contributed by atoms with E-state index in [0.29, 0.717) is 11.9 Å². The number of aromatic nitrogens is 2. The van der Waals surface area contributed by atoms with E-state index in [1.807, 2.05) is 0 Å². The van der Waals surface area contributed by atoms with Gasteiger partial charge in [0.1, 0.15) is 0 Å². The first-order chi connectivity index (χ1) is 7.72. The third-order valence-electron chi connectivity index (χ3n) is 3.05. The monoisotopic (exact) mass is 223 g/mol. The van der Waals surface area contributed by atoms with E-state index in [-0.39, 0.29) is 12.2 Å². The third-order valence-corrected chi connectivity index (χ3v) is 3.05. The summed E-state index contributed by atoms with van der Waals surface area (Å²) in [5, 5.41) is 8.23. The summed E-state index contributed by atoms with van der Waals surface area (Å²) in [6.07, 6.45) is 2.83. The van der Waals surface area contributed by atoms with Crippen molar-refractivity contribution in [2.75, 3.05) is 18.0 Å². The summed E-state index contributed by atoms with van der Waals surface area (Å²) < 4.78 is 11.4. The molecule has 0 aromatic carbocycles. The van der Waals surface area contributed by atoms with Crippen molar-refractivity contribution in [1.29, 1.82) is 0 Å². The van der Waals surface area contributed by atoms with Crippen molar-refractivity contribution in [3.63, 3.8) is 0 Å². The van der Waals surface area contributed by atoms with Crippen LogP contribution in [0, 0.1) is 0 Å². The molecule has 1 aromatic heterocycles. The largest absolute Gasteiger partial charge is 0.408 e. The molecule has 0 spiro atoms. The lowest BCUT2D eigenvalue weighted by Gasteiger charge is -2.33. The Hall–Kier alpha value is -1.10. The van der Waals surface area contributed by atoms with Crippen LogP contribution in [0.25, 0.3) is 0 Å². The van der Waals surface area contributed by atoms with Gasteiger partial charge in [-0.15, -0.1) is 5.10 Å². The Morgan fingerprint density at radius 3 is 2.44 bits per heavy atom. The number of hydrogen-bond donors (Lipinski definition) is 0. The van der Waals surface area contributed by atoms with Crippen LogP contribution in [-0.2, 0) is 4.74 Å². The van der Waals surface area contributed by atoms with Crippen molar-refractivity contribution in [3.05, 3.63) is 5.89 Å². The fraction of sp³-hybridized carbons (Fsp3) is 0.818. The average molecular weight is 223 g/mol. The van der Waals surface area contributed by atoms with Crippen LogP contribution in [0.1, 0.15) is 38.5 Å². The van der Waals surface area contributed by atoms with E-state index >= 15 is 0 Å². The van der Waals surface area contributed by atoms with Crippen LogP contribution in [0.15, 0.2) is 4.42 Å². The van der Waals surface area contributed by atoms with Gasteiger partial charge in [0, 0.05) is 19.0 Å². The van der Waals surface area contributed by atoms with Gasteiger partial charge in [-0.25, -0.2) is 0 Å². The predicted octanol–water partition coefficient (Wildman–Crippen LogP) is 1.56. The molecule has 0 unspecified atom stereocenters. The molecule has 2 aliphatic rings. The van der Waals surface area contributed by atoms with Gasteiger partial charge in [0.2, 0.25) is 5.89 Å². The fourth-order valence-corrected chi connectivity index (χ4v) is 2.18. The Labute approximate surface area is 94.8 Å². The quantitative estimate of drug-likeness (QED) is 0.761. The molecule has 1 aromatic rings. The van der Waals surface area contributed by atoms with Gasteiger partial charge in [0.25, 0.3) is 0 Å². The molecule has 0 amide bonds. The molecule has 2 atom stereocenters. The molecular formula is C11H17N3O2. The van der Waals surface area contributed by atoms with Gasteiger partial charge in [-0.3, -0.25) is 0 Å². The maximum atomic E-state index is 5.69. The first-order valence-corrected chi connectivity index (χ1v) is 5.96. The van der Waals surface area contributed by atoms with Crippen LogP contribution in [0.4, 0.5) is 6.01 Å². The molecule has 0 radical (unpaired) electrons. The Bertz CT molecular complexity index is 365. The second kappa shape index (κ2) is 3.73. The van der Waals surface area contributed by atoms with Crippen LogP contribution < -0.4 is 4.90 Å². The van der Waals surface area contributed by atoms with E-state index in [1.54, 1.807) is 0 Å². The number of ether oxygens (including phenoxy) is 1. The topological polar surface area (TPSA) is 51.4 Å². The molecule has 1 aliphatic heterocycles. The molecular weight excluding hydrogens is 206 g/mol. The van der Waals surface area contributed by atoms with E-state index < -0.39 is 0 Å². The lowest BCUT2D eigenvalue weighted by atomic mass is 10.2. The van der Waals surface area contributed by atoms with Gasteiger partial charge in [0.15, 0.2) is 0 Å². The van der Waals surface area contributed by atoms with Crippen LogP contribution in [0.5, 0.6) is 0 Å². The number of anilines is 1. The van der Waals surface area contributed by atoms with Crippen molar-refractivity contribution in [3.8, 4) is 0 Å². The highest BCUT2D eigenvalue weighted by atomic mass is 16.5. The van der Waals surface area contributed by atoms with Crippen molar-refractivity contribution in [2.45, 2.75) is 44.8 Å². The Kier molecular flexibility index (Phi) is 2.35. The minimum absolute atomic E-state index is 0.222. The molecule has 0 N–H and O–H groups in total. The van der Waals surface area contributed by atoms with Gasteiger partial charge in [-0.2, -0.15) is 0 Å². The van der Waals surface area contributed by atoms with Gasteiger partial charge < -0.3 is 14.1 Å². The zero-order valence-electron chi connectivity index (χ0n) is 9.72. The zero-order valence-corrected chi connectivity index (χ0v) is 9.72. The normalized spacial score (nSPS) is 30.8. The summed E-state index contributed by atoms with van der Waals surface area (Å²) in [7, 11) is 0. The maximum Gasteiger partial charge on any atom is 0.318 e. The Balaban J connectivity index is 1.74. The van der Waals surface area contributed by atoms with E-state index in [9.17, 15) is 0 Å². The molecule has 5 heteroatoms. The number of morpholine rings is 1. The predicted molar refractivity (Wildman–Crippen MR) is 58.5 cm³/mol. The van der Waals surface area contributed by atoms with Crippen molar-refractivity contribution in [2.24, 2.45) is 0 Å². The second-order valence-corrected chi connectivity index (χ2v) is 4.86. The van der Waals surface area contributed by atoms with Gasteiger partial charge in [-0.1, -0.05) is 5.10 Å². The zero-order chi connectivity index (χ0) is 11.1. The average Bonchev–Trinajstić information content (AvgIpc) is 2.95. The lowest BCUT2D eigenvalue weighted by molar-refractivity contribution is -0.00675. The van der Waals surface area contributed by atoms with Crippen molar-refractivity contribution in [1.82, 2.24) is 10.2 Å². The molecule has 0 bridgehead atoms. The number of nitrogens with zero attached hydrogens (tertiary/aromatic N) is 3. The summed E-state index contributed by atoms with van der Waals surface area (Å²) in [6.45, 7) is 5.80. The van der Waals surface area contributed by atoms with E-state index in [2.05, 4.69) is 28.9 Å². The maximum absolute atomic E-state index is 5.69. The highest BCUT2D eigenvalue weighted by Crippen LogP contribution is 2.39. The lowest BCUT2D eigenvalue weighted by Crippen LogP contribution is -2.45. The summed E-state index contributed by atoms with van der Waals surface area (Å²) in [4.78, 5) is 2.12. The minimum Gasteiger partial charge on any atom is -0.408 e. The molecule has 1 saturated carbocycles. The molecule has 1 aliphatic carbocycles. The van der Waals surface area contributed by atoms with Crippen LogP contribution in [0.2, 0.25) is 0 Å². The van der Waals surface area contributed by atoms with Crippen molar-refractivity contribution >= 4 is 6.01 Å². The Morgan fingerprint density at radius 1 is 1.12 bits per heavy atom. The van der Waals surface area contributed by atoms with Crippen LogP contribution >= 0.6 is 0 Å². The van der Waals surface area contributed by atoms with E-state index in [0.717, 1.165) is 19.0 Å². The molecule has 88 valence electrons. The molecule has 2 fully saturated rings. The smallest absolute Gasteiger partial charge is 0.318 e. The third kappa shape index (κ3) is 1.91. The first-order valence-electron chi connectivity index (χ1n) is 5.96. The molecule has 5 nitrogen and oxygen atoms in total. The molecule has 2 heterocycles. The Morgan fingerprint density at radius 2 is 1.81 bits per heavy atom. The minimum atomic E-state index is 0.222. The number of rotatable bonds is 2. The highest BCUT2D eigenvalue weighted by Gasteiger charge is 2.31. The molecule has 3 rings (SSSR count). The standard InChI is InChI=1S/C11H17N3O2/c1-7-5-14(6-8(2)15-7)11-13-12-10(16-11)9-3-4-9/h7-9H,3-6H2,1-2H3/t7-,8-/m0/s1. The van der Waals surface area contributed by atoms with Crippen LogP contribution in [-0.4, -0.2) is 35.5 Å². The highest BCUT2D eigenvalue weighted by molar-refractivity contribution is 5.26. The molecule has 16 heavy (non-hydrogen) atoms. The van der Waals surface area contributed by atoms with Gasteiger partial charge in [-0.05, 0) is 26.7 Å². The van der Waals surface area contributed by atoms with E-state index in [4.69, 9.17) is 9.15 Å². The fourth-order valence-electron chi connectivity index (χ4n) is 2.18. The summed E-state index contributed by atoms with van der Waals surface area (Å²) >= 11 is 0. The summed E-state index contributed by atoms with van der Waals surface area (Å²) in [5.74, 6) is 1.33. The first kappa shape index (κ1) is 10.1. The van der Waals surface area contributed by atoms with Crippen molar-refractivity contribution < 1.29 is 9.15 Å². The van der Waals surface area contributed by atoms with Crippen LogP contribution in [0.3, 0.4) is 0 Å². The number of hydrogen-bond acceptors (Lipinski definition) is 5. The SMILES string of the molecule is C[C@H]1CN(c2nnc(C3CC3)o2)C[C@H](C)O1. The summed E-state index contributed by atoms with van der Waals surface area (Å²) in [5.41, 5.74) is 0. The molecule has 1 saturated heterocycles.